The van der Waals surface area contributed by atoms with E-state index in [0.717, 1.165) is 11.1 Å². The first-order valence-electron chi connectivity index (χ1n) is 6.18. The number of halogens is 2. The second-order valence-electron chi connectivity index (χ2n) is 4.65. The summed E-state index contributed by atoms with van der Waals surface area (Å²) in [5, 5.41) is 0.863. The molecule has 0 spiro atoms. The van der Waals surface area contributed by atoms with E-state index >= 15 is 0 Å². The Labute approximate surface area is 121 Å². The lowest BCUT2D eigenvalue weighted by Gasteiger charge is -2.12. The van der Waals surface area contributed by atoms with Gasteiger partial charge in [0.1, 0.15) is 5.52 Å². The number of hydrogen-bond donors (Lipinski definition) is 1. The van der Waals surface area contributed by atoms with Gasteiger partial charge >= 0.3 is 0 Å². The number of benzene rings is 2. The zero-order valence-corrected chi connectivity index (χ0v) is 11.6. The van der Waals surface area contributed by atoms with Gasteiger partial charge in [0, 0.05) is 21.7 Å². The van der Waals surface area contributed by atoms with Crippen LogP contribution in [0.5, 0.6) is 0 Å². The van der Waals surface area contributed by atoms with Gasteiger partial charge in [0.15, 0.2) is 5.82 Å². The quantitative estimate of drug-likeness (QED) is 0.711. The molecule has 100 valence electrons. The second-order valence-corrected chi connectivity index (χ2v) is 5.09. The Bertz CT molecular complexity index is 801. The van der Waals surface area contributed by atoms with Gasteiger partial charge in [-0.1, -0.05) is 41.9 Å². The monoisotopic (exact) mass is 286 g/mol. The topological polar surface area (TPSA) is 38.9 Å². The minimum absolute atomic E-state index is 0.247. The summed E-state index contributed by atoms with van der Waals surface area (Å²) in [5.74, 6) is -0.462. The third kappa shape index (κ3) is 2.00. The zero-order valence-electron chi connectivity index (χ0n) is 10.8. The van der Waals surface area contributed by atoms with Gasteiger partial charge < -0.3 is 5.73 Å². The lowest BCUT2D eigenvalue weighted by atomic mass is 10.0. The molecule has 0 atom stereocenters. The SMILES string of the molecule is Cc1c(-c2ccccc2)nc2c(F)cc(Cl)cc2c1N. The summed E-state index contributed by atoms with van der Waals surface area (Å²) >= 11 is 5.88. The van der Waals surface area contributed by atoms with Crippen molar-refractivity contribution < 1.29 is 4.39 Å². The van der Waals surface area contributed by atoms with Crippen molar-refractivity contribution >= 4 is 28.2 Å². The Morgan fingerprint density at radius 2 is 1.85 bits per heavy atom. The van der Waals surface area contributed by atoms with Crippen molar-refractivity contribution in [3.8, 4) is 11.3 Å². The molecule has 1 aromatic heterocycles. The molecule has 2 nitrogen and oxygen atoms in total. The number of hydrogen-bond acceptors (Lipinski definition) is 2. The van der Waals surface area contributed by atoms with Crippen LogP contribution in [-0.4, -0.2) is 4.98 Å². The molecule has 20 heavy (non-hydrogen) atoms. The van der Waals surface area contributed by atoms with Crippen LogP contribution in [0.15, 0.2) is 42.5 Å². The lowest BCUT2D eigenvalue weighted by Crippen LogP contribution is -1.99. The fraction of sp³-hybridized carbons (Fsp3) is 0.0625. The molecule has 0 aliphatic carbocycles. The highest BCUT2D eigenvalue weighted by Crippen LogP contribution is 2.33. The maximum absolute atomic E-state index is 14.1. The van der Waals surface area contributed by atoms with Gasteiger partial charge in [-0.2, -0.15) is 0 Å². The van der Waals surface area contributed by atoms with E-state index in [1.807, 2.05) is 37.3 Å². The molecular formula is C16H12ClFN2. The number of anilines is 1. The number of pyridine rings is 1. The van der Waals surface area contributed by atoms with Crippen LogP contribution in [-0.2, 0) is 0 Å². The third-order valence-corrected chi connectivity index (χ3v) is 3.57. The Hall–Kier alpha value is -2.13. The molecule has 0 saturated carbocycles. The molecule has 0 saturated heterocycles. The Kier molecular flexibility index (Phi) is 3.07. The molecular weight excluding hydrogens is 275 g/mol. The summed E-state index contributed by atoms with van der Waals surface area (Å²) in [7, 11) is 0. The van der Waals surface area contributed by atoms with Crippen LogP contribution >= 0.6 is 11.6 Å². The van der Waals surface area contributed by atoms with E-state index in [2.05, 4.69) is 4.98 Å². The molecule has 4 heteroatoms. The predicted octanol–water partition coefficient (Wildman–Crippen LogP) is 4.58. The van der Waals surface area contributed by atoms with Crippen LogP contribution < -0.4 is 5.73 Å². The smallest absolute Gasteiger partial charge is 0.151 e. The molecule has 0 fully saturated rings. The number of aromatic nitrogens is 1. The fourth-order valence-corrected chi connectivity index (χ4v) is 2.49. The Morgan fingerprint density at radius 1 is 1.15 bits per heavy atom. The first kappa shape index (κ1) is 12.9. The van der Waals surface area contributed by atoms with Crippen molar-refractivity contribution in [1.29, 1.82) is 0 Å². The number of rotatable bonds is 1. The molecule has 1 heterocycles. The zero-order chi connectivity index (χ0) is 14.3. The second kappa shape index (κ2) is 4.76. The van der Waals surface area contributed by atoms with E-state index in [1.165, 1.54) is 6.07 Å². The molecule has 0 bridgehead atoms. The summed E-state index contributed by atoms with van der Waals surface area (Å²) in [6.45, 7) is 1.88. The standard InChI is InChI=1S/C16H12ClFN2/c1-9-14(19)12-7-11(17)8-13(18)16(12)20-15(9)10-5-3-2-4-6-10/h2-8H,1H3,(H2,19,20). The van der Waals surface area contributed by atoms with E-state index in [-0.39, 0.29) is 5.52 Å². The van der Waals surface area contributed by atoms with E-state index in [0.29, 0.717) is 21.8 Å². The number of nitrogens with zero attached hydrogens (tertiary/aromatic N) is 1. The number of nitrogens with two attached hydrogens (primary N) is 1. The molecule has 0 amide bonds. The molecule has 2 N–H and O–H groups in total. The van der Waals surface area contributed by atoms with Crippen molar-refractivity contribution in [1.82, 2.24) is 4.98 Å². The minimum atomic E-state index is -0.462. The highest BCUT2D eigenvalue weighted by molar-refractivity contribution is 6.31. The average Bonchev–Trinajstić information content (AvgIpc) is 2.44. The average molecular weight is 287 g/mol. The van der Waals surface area contributed by atoms with Crippen LogP contribution in [0, 0.1) is 12.7 Å². The van der Waals surface area contributed by atoms with Crippen LogP contribution in [0.3, 0.4) is 0 Å². The van der Waals surface area contributed by atoms with E-state index in [9.17, 15) is 4.39 Å². The van der Waals surface area contributed by atoms with Gasteiger partial charge in [-0.05, 0) is 24.6 Å². The van der Waals surface area contributed by atoms with Gasteiger partial charge in [-0.3, -0.25) is 0 Å². The van der Waals surface area contributed by atoms with Gasteiger partial charge in [0.05, 0.1) is 5.69 Å². The van der Waals surface area contributed by atoms with Gasteiger partial charge in [0.2, 0.25) is 0 Å². The molecule has 0 aliphatic heterocycles. The van der Waals surface area contributed by atoms with Crippen molar-refractivity contribution in [2.45, 2.75) is 6.92 Å². The lowest BCUT2D eigenvalue weighted by molar-refractivity contribution is 0.637. The highest BCUT2D eigenvalue weighted by Gasteiger charge is 2.14. The maximum Gasteiger partial charge on any atom is 0.151 e. The normalized spacial score (nSPS) is 10.9. The summed E-state index contributed by atoms with van der Waals surface area (Å²) in [5.41, 5.74) is 9.31. The summed E-state index contributed by atoms with van der Waals surface area (Å²) in [6, 6.07) is 12.5. The summed E-state index contributed by atoms with van der Waals surface area (Å²) < 4.78 is 14.1. The van der Waals surface area contributed by atoms with Crippen molar-refractivity contribution in [3.05, 3.63) is 58.9 Å². The third-order valence-electron chi connectivity index (χ3n) is 3.35. The van der Waals surface area contributed by atoms with Crippen LogP contribution in [0.25, 0.3) is 22.2 Å². The Morgan fingerprint density at radius 3 is 2.55 bits per heavy atom. The molecule has 3 aromatic rings. The van der Waals surface area contributed by atoms with Crippen LogP contribution in [0.1, 0.15) is 5.56 Å². The van der Waals surface area contributed by atoms with E-state index in [4.69, 9.17) is 17.3 Å². The molecule has 0 radical (unpaired) electrons. The van der Waals surface area contributed by atoms with Crippen LogP contribution in [0.2, 0.25) is 5.02 Å². The first-order chi connectivity index (χ1) is 9.58. The summed E-state index contributed by atoms with van der Waals surface area (Å²) in [4.78, 5) is 4.43. The summed E-state index contributed by atoms with van der Waals surface area (Å²) in [6.07, 6.45) is 0. The Balaban J connectivity index is 2.39. The van der Waals surface area contributed by atoms with E-state index < -0.39 is 5.82 Å². The predicted molar refractivity (Wildman–Crippen MR) is 81.3 cm³/mol. The number of nitrogen functional groups attached to an aromatic ring is 1. The maximum atomic E-state index is 14.1. The van der Waals surface area contributed by atoms with Gasteiger partial charge in [-0.25, -0.2) is 9.37 Å². The van der Waals surface area contributed by atoms with Gasteiger partial charge in [0.25, 0.3) is 0 Å². The first-order valence-corrected chi connectivity index (χ1v) is 6.56. The largest absolute Gasteiger partial charge is 0.398 e. The molecule has 2 aromatic carbocycles. The van der Waals surface area contributed by atoms with Crippen LogP contribution in [0.4, 0.5) is 10.1 Å². The molecule has 0 aliphatic rings. The molecule has 0 unspecified atom stereocenters. The number of fused-ring (bicyclic) bond motifs is 1. The van der Waals surface area contributed by atoms with Crippen molar-refractivity contribution in [2.24, 2.45) is 0 Å². The van der Waals surface area contributed by atoms with E-state index in [1.54, 1.807) is 6.07 Å². The molecule has 3 rings (SSSR count). The minimum Gasteiger partial charge on any atom is -0.398 e. The van der Waals surface area contributed by atoms with Crippen molar-refractivity contribution in [3.63, 3.8) is 0 Å². The van der Waals surface area contributed by atoms with Crippen molar-refractivity contribution in [2.75, 3.05) is 5.73 Å². The van der Waals surface area contributed by atoms with Gasteiger partial charge in [-0.15, -0.1) is 0 Å². The fourth-order valence-electron chi connectivity index (χ4n) is 2.29. The highest BCUT2D eigenvalue weighted by atomic mass is 35.5.